The molecule has 0 unspecified atom stereocenters. The Balaban J connectivity index is 0.00000312. The second-order valence-electron chi connectivity index (χ2n) is 4.74. The number of ether oxygens (including phenoxy) is 2. The van der Waals surface area contributed by atoms with Gasteiger partial charge in [-0.1, -0.05) is 12.1 Å². The Morgan fingerprint density at radius 2 is 1.68 bits per heavy atom. The van der Waals surface area contributed by atoms with Crippen LogP contribution >= 0.6 is 44.3 Å². The molecule has 2 aromatic carbocycles. The standard InChI is InChI=1S/C15H12Br2F3NO3.ClH/c1-23-10-6-9(11(16)12(17)14(10)22)13(21)7-2-4-8(5-3-7)24-15(18,19)20;/h2-6,13,22H,21H2,1H3;1H/t13-;/m1./s1. The van der Waals surface area contributed by atoms with Crippen molar-refractivity contribution in [3.05, 3.63) is 50.4 Å². The molecule has 2 aromatic rings. The maximum Gasteiger partial charge on any atom is 0.573 e. The number of halogens is 6. The van der Waals surface area contributed by atoms with E-state index in [9.17, 15) is 18.3 Å². The summed E-state index contributed by atoms with van der Waals surface area (Å²) in [5.41, 5.74) is 7.33. The molecule has 4 nitrogen and oxygen atoms in total. The van der Waals surface area contributed by atoms with Gasteiger partial charge in [-0.15, -0.1) is 25.6 Å². The molecular formula is C15H13Br2ClF3NO3. The van der Waals surface area contributed by atoms with Gasteiger partial charge in [-0.25, -0.2) is 0 Å². The molecule has 0 spiro atoms. The highest BCUT2D eigenvalue weighted by molar-refractivity contribution is 9.13. The maximum atomic E-state index is 12.2. The largest absolute Gasteiger partial charge is 0.573 e. The molecule has 25 heavy (non-hydrogen) atoms. The lowest BCUT2D eigenvalue weighted by Crippen LogP contribution is -2.17. The summed E-state index contributed by atoms with van der Waals surface area (Å²) in [6.07, 6.45) is -4.75. The van der Waals surface area contributed by atoms with Gasteiger partial charge in [-0.2, -0.15) is 0 Å². The van der Waals surface area contributed by atoms with E-state index < -0.39 is 12.4 Å². The molecule has 2 rings (SSSR count). The highest BCUT2D eigenvalue weighted by atomic mass is 79.9. The average Bonchev–Trinajstić information content (AvgIpc) is 2.52. The van der Waals surface area contributed by atoms with E-state index >= 15 is 0 Å². The third-order valence-corrected chi connectivity index (χ3v) is 5.36. The zero-order valence-corrected chi connectivity index (χ0v) is 16.6. The summed E-state index contributed by atoms with van der Waals surface area (Å²) in [5.74, 6) is -0.205. The first kappa shape index (κ1) is 21.9. The van der Waals surface area contributed by atoms with Crippen molar-refractivity contribution in [3.8, 4) is 17.2 Å². The number of hydrogen-bond donors (Lipinski definition) is 2. The van der Waals surface area contributed by atoms with Crippen LogP contribution in [0.1, 0.15) is 17.2 Å². The van der Waals surface area contributed by atoms with Gasteiger partial charge in [-0.3, -0.25) is 0 Å². The topological polar surface area (TPSA) is 64.7 Å². The average molecular weight is 508 g/mol. The van der Waals surface area contributed by atoms with Gasteiger partial charge in [0.1, 0.15) is 5.75 Å². The fourth-order valence-electron chi connectivity index (χ4n) is 2.05. The predicted octanol–water partition coefficient (Wildman–Crippen LogP) is 5.29. The molecule has 0 saturated carbocycles. The summed E-state index contributed by atoms with van der Waals surface area (Å²) in [6, 6.07) is 6.13. The molecule has 10 heteroatoms. The van der Waals surface area contributed by atoms with Gasteiger partial charge in [0, 0.05) is 4.47 Å². The molecule has 0 aliphatic rings. The van der Waals surface area contributed by atoms with Crippen molar-refractivity contribution >= 4 is 44.3 Å². The summed E-state index contributed by atoms with van der Waals surface area (Å²) < 4.78 is 46.4. The second kappa shape index (κ2) is 8.48. The summed E-state index contributed by atoms with van der Waals surface area (Å²) in [4.78, 5) is 0. The zero-order chi connectivity index (χ0) is 18.1. The fourth-order valence-corrected chi connectivity index (χ4v) is 3.02. The van der Waals surface area contributed by atoms with E-state index in [1.165, 1.54) is 31.4 Å². The Bertz CT molecular complexity index is 742. The van der Waals surface area contributed by atoms with Crippen LogP contribution < -0.4 is 15.2 Å². The number of alkyl halides is 3. The van der Waals surface area contributed by atoms with Crippen molar-refractivity contribution in [2.24, 2.45) is 5.73 Å². The van der Waals surface area contributed by atoms with Crippen LogP contribution in [0.5, 0.6) is 17.2 Å². The minimum Gasteiger partial charge on any atom is -0.503 e. The van der Waals surface area contributed by atoms with E-state index in [0.29, 0.717) is 20.1 Å². The highest BCUT2D eigenvalue weighted by Gasteiger charge is 2.31. The molecular weight excluding hydrogens is 494 g/mol. The van der Waals surface area contributed by atoms with Crippen molar-refractivity contribution in [2.45, 2.75) is 12.4 Å². The van der Waals surface area contributed by atoms with Crippen LogP contribution in [0.15, 0.2) is 39.3 Å². The number of methoxy groups -OCH3 is 1. The van der Waals surface area contributed by atoms with E-state index in [1.54, 1.807) is 6.07 Å². The Kier molecular flexibility index (Phi) is 7.42. The normalized spacial score (nSPS) is 12.3. The number of phenols is 1. The molecule has 0 saturated heterocycles. The van der Waals surface area contributed by atoms with Crippen LogP contribution in [0.2, 0.25) is 0 Å². The monoisotopic (exact) mass is 505 g/mol. The van der Waals surface area contributed by atoms with Crippen LogP contribution in [0.3, 0.4) is 0 Å². The number of benzene rings is 2. The number of hydrogen-bond acceptors (Lipinski definition) is 4. The Morgan fingerprint density at radius 3 is 2.16 bits per heavy atom. The highest BCUT2D eigenvalue weighted by Crippen LogP contribution is 2.44. The van der Waals surface area contributed by atoms with Crippen LogP contribution in [-0.2, 0) is 0 Å². The van der Waals surface area contributed by atoms with E-state index in [2.05, 4.69) is 36.6 Å². The number of phenolic OH excluding ortho intramolecular Hbond substituents is 1. The Hall–Kier alpha value is -1.16. The summed E-state index contributed by atoms with van der Waals surface area (Å²) >= 11 is 6.56. The van der Waals surface area contributed by atoms with Gasteiger partial charge in [0.25, 0.3) is 0 Å². The fraction of sp³-hybridized carbons (Fsp3) is 0.200. The van der Waals surface area contributed by atoms with Gasteiger partial charge in [-0.05, 0) is 61.2 Å². The van der Waals surface area contributed by atoms with Crippen molar-refractivity contribution < 1.29 is 27.8 Å². The minimum atomic E-state index is -4.75. The molecule has 0 fully saturated rings. The van der Waals surface area contributed by atoms with E-state index in [4.69, 9.17) is 10.5 Å². The van der Waals surface area contributed by atoms with Gasteiger partial charge < -0.3 is 20.3 Å². The maximum absolute atomic E-state index is 12.2. The molecule has 1 atom stereocenters. The van der Waals surface area contributed by atoms with E-state index in [-0.39, 0.29) is 29.7 Å². The van der Waals surface area contributed by atoms with Crippen LogP contribution in [-0.4, -0.2) is 18.6 Å². The molecule has 0 heterocycles. The van der Waals surface area contributed by atoms with Crippen molar-refractivity contribution in [3.63, 3.8) is 0 Å². The zero-order valence-electron chi connectivity index (χ0n) is 12.6. The van der Waals surface area contributed by atoms with Gasteiger partial charge in [0.15, 0.2) is 11.5 Å². The predicted molar refractivity (Wildman–Crippen MR) is 96.5 cm³/mol. The van der Waals surface area contributed by atoms with Crippen molar-refractivity contribution in [1.82, 2.24) is 0 Å². The lowest BCUT2D eigenvalue weighted by atomic mass is 9.99. The molecule has 138 valence electrons. The van der Waals surface area contributed by atoms with Gasteiger partial charge >= 0.3 is 6.36 Å². The summed E-state index contributed by atoms with van der Waals surface area (Å²) in [6.45, 7) is 0. The molecule has 0 aromatic heterocycles. The van der Waals surface area contributed by atoms with Gasteiger partial charge in [0.2, 0.25) is 0 Å². The number of nitrogens with two attached hydrogens (primary N) is 1. The third-order valence-electron chi connectivity index (χ3n) is 3.20. The SMILES string of the molecule is COc1cc([C@H](N)c2ccc(OC(F)(F)F)cc2)c(Br)c(Br)c1O.Cl. The lowest BCUT2D eigenvalue weighted by Gasteiger charge is -2.18. The van der Waals surface area contributed by atoms with E-state index in [0.717, 1.165) is 0 Å². The second-order valence-corrected chi connectivity index (χ2v) is 6.33. The van der Waals surface area contributed by atoms with E-state index in [1.807, 2.05) is 0 Å². The Labute approximate surface area is 164 Å². The number of rotatable bonds is 4. The first-order valence-corrected chi connectivity index (χ1v) is 8.08. The molecule has 0 aliphatic carbocycles. The van der Waals surface area contributed by atoms with Crippen LogP contribution in [0, 0.1) is 0 Å². The third kappa shape index (κ3) is 5.16. The van der Waals surface area contributed by atoms with Crippen LogP contribution in [0.25, 0.3) is 0 Å². The minimum absolute atomic E-state index is 0. The van der Waals surface area contributed by atoms with Crippen LogP contribution in [0.4, 0.5) is 13.2 Å². The van der Waals surface area contributed by atoms with Gasteiger partial charge in [0.05, 0.1) is 17.6 Å². The molecule has 0 amide bonds. The quantitative estimate of drug-likeness (QED) is 0.590. The Morgan fingerprint density at radius 1 is 1.12 bits per heavy atom. The summed E-state index contributed by atoms with van der Waals surface area (Å²) in [7, 11) is 1.40. The molecule has 0 aliphatic heterocycles. The molecule has 3 N–H and O–H groups in total. The van der Waals surface area contributed by atoms with Crippen molar-refractivity contribution in [2.75, 3.05) is 7.11 Å². The number of aromatic hydroxyl groups is 1. The first-order valence-electron chi connectivity index (χ1n) is 6.50. The smallest absolute Gasteiger partial charge is 0.503 e. The summed E-state index contributed by atoms with van der Waals surface area (Å²) in [5, 5.41) is 9.93. The lowest BCUT2D eigenvalue weighted by molar-refractivity contribution is -0.274. The first-order chi connectivity index (χ1) is 11.1. The molecule has 0 bridgehead atoms. The van der Waals surface area contributed by atoms with Crippen molar-refractivity contribution in [1.29, 1.82) is 0 Å². The molecule has 0 radical (unpaired) electrons.